The van der Waals surface area contributed by atoms with Gasteiger partial charge >= 0.3 is 0 Å². The highest BCUT2D eigenvalue weighted by Gasteiger charge is 2.38. The molecule has 0 amide bonds. The Kier molecular flexibility index (Phi) is 17.6. The van der Waals surface area contributed by atoms with Crippen molar-refractivity contribution < 1.29 is 24.1 Å². The third-order valence-electron chi connectivity index (χ3n) is 13.6. The van der Waals surface area contributed by atoms with Crippen molar-refractivity contribution in [2.45, 2.75) is 107 Å². The van der Waals surface area contributed by atoms with Gasteiger partial charge in [-0.25, -0.2) is 0 Å². The molecule has 9 nitrogen and oxygen atoms in total. The van der Waals surface area contributed by atoms with E-state index in [1.807, 2.05) is 0 Å². The molecule has 0 spiro atoms. The monoisotopic (exact) mass is 777 g/mol. The molecule has 56 heavy (non-hydrogen) atoms. The van der Waals surface area contributed by atoms with E-state index < -0.39 is 0 Å². The minimum absolute atomic E-state index is 0.108. The van der Waals surface area contributed by atoms with Crippen molar-refractivity contribution in [3.63, 3.8) is 0 Å². The number of aliphatic hydroxyl groups is 1. The lowest BCUT2D eigenvalue weighted by Gasteiger charge is -2.42. The van der Waals surface area contributed by atoms with Crippen LogP contribution in [0.3, 0.4) is 0 Å². The van der Waals surface area contributed by atoms with Crippen LogP contribution in [0, 0.1) is 0 Å². The average Bonchev–Trinajstić information content (AvgIpc) is 4.06. The van der Waals surface area contributed by atoms with Gasteiger partial charge in [0.25, 0.3) is 0 Å². The first kappa shape index (κ1) is 43.3. The maximum Gasteiger partial charge on any atom is 0.119 e. The standard InChI is InChI=1S/C25H40N2O2.C22H36N2O3/c1-26(23-7-2-3-8-23)21-25(13-19-28-20-14-25)22-9-11-24(12-10-22)29-18-6-17-27-15-4-5-16-27;1-23(14-15-25)19-22(9-17-26-18-10-22)20-5-7-21(8-6-20)27-16-4-13-24-11-2-3-12-24/h9-12,23H,2-8,13-21H2,1H3;5-8,25H,2-4,9-19H2,1H3. The van der Waals surface area contributed by atoms with Gasteiger partial charge in [-0.2, -0.15) is 0 Å². The molecule has 9 heteroatoms. The molecule has 4 heterocycles. The van der Waals surface area contributed by atoms with Crippen LogP contribution >= 0.6 is 0 Å². The van der Waals surface area contributed by atoms with Crippen LogP contribution in [-0.4, -0.2) is 150 Å². The fourth-order valence-corrected chi connectivity index (χ4v) is 10.1. The SMILES string of the molecule is CN(CC1(c2ccc(OCCCN3CCCC3)cc2)CCOCC1)C1CCCC1.CN(CCO)CC1(c2ccc(OCCCN3CCCC3)cc2)CCOCC1. The third kappa shape index (κ3) is 12.9. The summed E-state index contributed by atoms with van der Waals surface area (Å²) >= 11 is 0. The van der Waals surface area contributed by atoms with Crippen LogP contribution in [0.15, 0.2) is 48.5 Å². The van der Waals surface area contributed by atoms with Gasteiger partial charge in [-0.05, 0) is 153 Å². The molecule has 5 fully saturated rings. The molecule has 0 atom stereocenters. The predicted octanol–water partition coefficient (Wildman–Crippen LogP) is 7.00. The molecular weight excluding hydrogens is 701 g/mol. The first-order valence-electron chi connectivity index (χ1n) is 22.5. The summed E-state index contributed by atoms with van der Waals surface area (Å²) in [5.74, 6) is 1.98. The van der Waals surface area contributed by atoms with Gasteiger partial charge in [0.05, 0.1) is 19.8 Å². The van der Waals surface area contributed by atoms with E-state index in [2.05, 4.69) is 82.2 Å². The minimum atomic E-state index is 0.108. The zero-order valence-electron chi connectivity index (χ0n) is 35.3. The van der Waals surface area contributed by atoms with Crippen LogP contribution < -0.4 is 9.47 Å². The highest BCUT2D eigenvalue weighted by molar-refractivity contribution is 5.34. The van der Waals surface area contributed by atoms with E-state index in [4.69, 9.17) is 18.9 Å². The lowest BCUT2D eigenvalue weighted by Crippen LogP contribution is -2.46. The van der Waals surface area contributed by atoms with Crippen LogP contribution in [-0.2, 0) is 20.3 Å². The fourth-order valence-electron chi connectivity index (χ4n) is 10.1. The Hall–Kier alpha value is -2.24. The number of ether oxygens (including phenoxy) is 4. The topological polar surface area (TPSA) is 70.1 Å². The molecular formula is C47H76N4O5. The van der Waals surface area contributed by atoms with E-state index in [0.717, 1.165) is 115 Å². The molecule has 5 aliphatic rings. The van der Waals surface area contributed by atoms with E-state index in [0.29, 0.717) is 6.54 Å². The Morgan fingerprint density at radius 1 is 0.625 bits per heavy atom. The molecule has 1 aliphatic carbocycles. The second-order valence-corrected chi connectivity index (χ2v) is 17.7. The molecule has 4 saturated heterocycles. The van der Waals surface area contributed by atoms with Crippen LogP contribution in [0.4, 0.5) is 0 Å². The maximum atomic E-state index is 9.24. The van der Waals surface area contributed by atoms with Gasteiger partial charge in [-0.15, -0.1) is 0 Å². The third-order valence-corrected chi connectivity index (χ3v) is 13.6. The molecule has 1 saturated carbocycles. The van der Waals surface area contributed by atoms with Crippen LogP contribution in [0.5, 0.6) is 11.5 Å². The van der Waals surface area contributed by atoms with E-state index in [9.17, 15) is 5.11 Å². The summed E-state index contributed by atoms with van der Waals surface area (Å²) in [6.45, 7) is 15.4. The fraction of sp³-hybridized carbons (Fsp3) is 0.745. The zero-order valence-corrected chi connectivity index (χ0v) is 35.3. The smallest absolute Gasteiger partial charge is 0.119 e. The quantitative estimate of drug-likeness (QED) is 0.152. The summed E-state index contributed by atoms with van der Waals surface area (Å²) in [5.41, 5.74) is 3.16. The lowest BCUT2D eigenvalue weighted by molar-refractivity contribution is 0.0318. The van der Waals surface area contributed by atoms with Gasteiger partial charge in [0, 0.05) is 76.0 Å². The number of rotatable bonds is 19. The van der Waals surface area contributed by atoms with Crippen molar-refractivity contribution in [3.05, 3.63) is 59.7 Å². The molecule has 2 aromatic carbocycles. The molecule has 2 aromatic rings. The van der Waals surface area contributed by atoms with E-state index in [1.165, 1.54) is 95.2 Å². The van der Waals surface area contributed by atoms with Gasteiger partial charge in [0.15, 0.2) is 0 Å². The van der Waals surface area contributed by atoms with Crippen molar-refractivity contribution in [2.24, 2.45) is 0 Å². The second kappa shape index (κ2) is 22.8. The van der Waals surface area contributed by atoms with E-state index >= 15 is 0 Å². The molecule has 314 valence electrons. The molecule has 4 aliphatic heterocycles. The first-order chi connectivity index (χ1) is 27.5. The molecule has 0 bridgehead atoms. The summed E-state index contributed by atoms with van der Waals surface area (Å²) in [4.78, 5) is 9.96. The number of likely N-dealkylation sites (N-methyl/N-ethyl adjacent to an activating group) is 2. The summed E-state index contributed by atoms with van der Waals surface area (Å²) in [6, 6.07) is 18.5. The number of hydrogen-bond donors (Lipinski definition) is 1. The summed E-state index contributed by atoms with van der Waals surface area (Å²) < 4.78 is 23.4. The molecule has 1 N–H and O–H groups in total. The van der Waals surface area contributed by atoms with Gasteiger partial charge in [-0.3, -0.25) is 0 Å². The number of aliphatic hydroxyl groups excluding tert-OH is 1. The van der Waals surface area contributed by atoms with Gasteiger partial charge in [0.2, 0.25) is 0 Å². The second-order valence-electron chi connectivity index (χ2n) is 17.7. The van der Waals surface area contributed by atoms with Crippen molar-refractivity contribution in [1.29, 1.82) is 0 Å². The highest BCUT2D eigenvalue weighted by atomic mass is 16.5. The molecule has 0 aromatic heterocycles. The zero-order chi connectivity index (χ0) is 38.9. The van der Waals surface area contributed by atoms with Gasteiger partial charge < -0.3 is 43.7 Å². The van der Waals surface area contributed by atoms with Crippen LogP contribution in [0.25, 0.3) is 0 Å². The Bertz CT molecular complexity index is 1350. The molecule has 7 rings (SSSR count). The van der Waals surface area contributed by atoms with Gasteiger partial charge in [0.1, 0.15) is 11.5 Å². The van der Waals surface area contributed by atoms with Crippen molar-refractivity contribution in [1.82, 2.24) is 19.6 Å². The average molecular weight is 777 g/mol. The summed E-state index contributed by atoms with van der Waals surface area (Å²) in [5, 5.41) is 9.24. The van der Waals surface area contributed by atoms with E-state index in [1.54, 1.807) is 0 Å². The largest absolute Gasteiger partial charge is 0.494 e. The molecule has 0 radical (unpaired) electrons. The number of likely N-dealkylation sites (tertiary alicyclic amines) is 2. The predicted molar refractivity (Wildman–Crippen MR) is 227 cm³/mol. The molecule has 0 unspecified atom stereocenters. The Morgan fingerprint density at radius 3 is 1.48 bits per heavy atom. The Balaban J connectivity index is 0.000000190. The van der Waals surface area contributed by atoms with Crippen molar-refractivity contribution in [2.75, 3.05) is 119 Å². The van der Waals surface area contributed by atoms with Crippen molar-refractivity contribution >= 4 is 0 Å². The Morgan fingerprint density at radius 2 is 1.05 bits per heavy atom. The summed E-state index contributed by atoms with van der Waals surface area (Å²) in [6.07, 6.45) is 17.5. The number of benzene rings is 2. The number of hydrogen-bond acceptors (Lipinski definition) is 9. The van der Waals surface area contributed by atoms with Gasteiger partial charge in [-0.1, -0.05) is 37.1 Å². The van der Waals surface area contributed by atoms with Crippen LogP contribution in [0.2, 0.25) is 0 Å². The maximum absolute atomic E-state index is 9.24. The first-order valence-corrected chi connectivity index (χ1v) is 22.5. The highest BCUT2D eigenvalue weighted by Crippen LogP contribution is 2.39. The minimum Gasteiger partial charge on any atom is -0.494 e. The lowest BCUT2D eigenvalue weighted by atomic mass is 9.73. The normalized spacial score (nSPS) is 21.7. The summed E-state index contributed by atoms with van der Waals surface area (Å²) in [7, 11) is 4.43. The Labute approximate surface area is 340 Å². The number of nitrogens with zero attached hydrogens (tertiary/aromatic N) is 4. The van der Waals surface area contributed by atoms with Crippen LogP contribution in [0.1, 0.15) is 101 Å². The van der Waals surface area contributed by atoms with Crippen molar-refractivity contribution in [3.8, 4) is 11.5 Å². The van der Waals surface area contributed by atoms with E-state index in [-0.39, 0.29) is 17.4 Å².